The zero-order valence-electron chi connectivity index (χ0n) is 7.87. The number of anilines is 1. The van der Waals surface area contributed by atoms with Crippen LogP contribution in [-0.4, -0.2) is 24.9 Å². The fourth-order valence-corrected chi connectivity index (χ4v) is 2.02. The fraction of sp³-hybridized carbons (Fsp3) is 0.200. The summed E-state index contributed by atoms with van der Waals surface area (Å²) in [6, 6.07) is 7.73. The van der Waals surface area contributed by atoms with Crippen LogP contribution >= 0.6 is 22.6 Å². The summed E-state index contributed by atoms with van der Waals surface area (Å²) in [5, 5.41) is 2.27. The number of rotatable bonds is 1. The molecular weight excluding hydrogens is 307 g/mol. The normalized spacial score (nSPS) is 16.5. The summed E-state index contributed by atoms with van der Waals surface area (Å²) in [7, 11) is 0. The molecule has 1 aliphatic heterocycles. The van der Waals surface area contributed by atoms with Crippen molar-refractivity contribution in [3.63, 3.8) is 0 Å². The molecule has 0 unspecified atom stereocenters. The van der Waals surface area contributed by atoms with Gasteiger partial charge < -0.3 is 4.90 Å². The molecule has 1 saturated heterocycles. The van der Waals surface area contributed by atoms with E-state index < -0.39 is 0 Å². The molecule has 0 radical (unpaired) electrons. The van der Waals surface area contributed by atoms with Crippen LogP contribution in [0, 0.1) is 3.57 Å². The van der Waals surface area contributed by atoms with E-state index in [4.69, 9.17) is 0 Å². The number of carbonyl (C=O) groups excluding carboxylic acids is 2. The molecule has 15 heavy (non-hydrogen) atoms. The zero-order valence-corrected chi connectivity index (χ0v) is 10.0. The molecule has 2 rings (SSSR count). The van der Waals surface area contributed by atoms with Crippen molar-refractivity contribution in [3.05, 3.63) is 27.8 Å². The smallest absolute Gasteiger partial charge is 0.246 e. The van der Waals surface area contributed by atoms with E-state index in [1.165, 1.54) is 0 Å². The van der Waals surface area contributed by atoms with Crippen LogP contribution in [0.25, 0.3) is 0 Å². The molecule has 0 spiro atoms. The van der Waals surface area contributed by atoms with Crippen LogP contribution in [0.3, 0.4) is 0 Å². The molecule has 0 bridgehead atoms. The highest BCUT2D eigenvalue weighted by Crippen LogP contribution is 2.17. The monoisotopic (exact) mass is 316 g/mol. The lowest BCUT2D eigenvalue weighted by molar-refractivity contribution is -0.130. The Balaban J connectivity index is 2.23. The van der Waals surface area contributed by atoms with Crippen LogP contribution in [-0.2, 0) is 9.59 Å². The summed E-state index contributed by atoms with van der Waals surface area (Å²) in [6.45, 7) is 0.484. The quantitative estimate of drug-likeness (QED) is 0.615. The van der Waals surface area contributed by atoms with Gasteiger partial charge in [-0.1, -0.05) is 6.07 Å². The fourth-order valence-electron chi connectivity index (χ4n) is 1.49. The standard InChI is InChI=1S/C10H9IN2O2/c11-7-2-1-3-8(4-7)13-5-9(14)12-10(15)6-13/h1-4H,5-6H2,(H,12,14,15). The molecule has 1 aliphatic rings. The Morgan fingerprint density at radius 3 is 2.47 bits per heavy atom. The maximum Gasteiger partial charge on any atom is 0.246 e. The Labute approximate surface area is 101 Å². The highest BCUT2D eigenvalue weighted by Gasteiger charge is 2.22. The van der Waals surface area contributed by atoms with Gasteiger partial charge in [-0.3, -0.25) is 14.9 Å². The summed E-state index contributed by atoms with van der Waals surface area (Å²) in [5.74, 6) is -0.491. The minimum atomic E-state index is -0.245. The van der Waals surface area contributed by atoms with E-state index in [0.717, 1.165) is 9.26 Å². The van der Waals surface area contributed by atoms with Gasteiger partial charge in [0, 0.05) is 9.26 Å². The molecule has 0 saturated carbocycles. The summed E-state index contributed by atoms with van der Waals surface area (Å²) in [6.07, 6.45) is 0. The van der Waals surface area contributed by atoms with Crippen molar-refractivity contribution in [2.24, 2.45) is 0 Å². The van der Waals surface area contributed by atoms with Crippen molar-refractivity contribution in [1.29, 1.82) is 0 Å². The number of carbonyl (C=O) groups is 2. The zero-order chi connectivity index (χ0) is 10.8. The van der Waals surface area contributed by atoms with E-state index in [9.17, 15) is 9.59 Å². The lowest BCUT2D eigenvalue weighted by atomic mass is 10.2. The third-order valence-electron chi connectivity index (χ3n) is 2.12. The Morgan fingerprint density at radius 1 is 1.20 bits per heavy atom. The van der Waals surface area contributed by atoms with E-state index in [1.54, 1.807) is 4.90 Å². The molecule has 4 nitrogen and oxygen atoms in total. The van der Waals surface area contributed by atoms with Crippen LogP contribution in [0.2, 0.25) is 0 Å². The van der Waals surface area contributed by atoms with Crippen LogP contribution in [0.4, 0.5) is 5.69 Å². The van der Waals surface area contributed by atoms with Gasteiger partial charge in [-0.05, 0) is 40.8 Å². The molecule has 1 fully saturated rings. The van der Waals surface area contributed by atoms with Gasteiger partial charge in [0.05, 0.1) is 13.1 Å². The molecule has 0 aliphatic carbocycles. The number of halogens is 1. The summed E-state index contributed by atoms with van der Waals surface area (Å²) < 4.78 is 1.09. The first-order chi connectivity index (χ1) is 7.15. The molecule has 0 aromatic heterocycles. The van der Waals surface area contributed by atoms with Gasteiger partial charge in [-0.25, -0.2) is 0 Å². The highest BCUT2D eigenvalue weighted by atomic mass is 127. The predicted octanol–water partition coefficient (Wildman–Crippen LogP) is 0.754. The summed E-state index contributed by atoms with van der Waals surface area (Å²) >= 11 is 2.20. The van der Waals surface area contributed by atoms with E-state index in [-0.39, 0.29) is 24.9 Å². The topological polar surface area (TPSA) is 49.4 Å². The Bertz CT molecular complexity index is 404. The van der Waals surface area contributed by atoms with Crippen molar-refractivity contribution < 1.29 is 9.59 Å². The van der Waals surface area contributed by atoms with E-state index >= 15 is 0 Å². The first kappa shape index (κ1) is 10.4. The number of hydrogen-bond acceptors (Lipinski definition) is 3. The first-order valence-electron chi connectivity index (χ1n) is 4.48. The second-order valence-corrected chi connectivity index (χ2v) is 4.55. The maximum absolute atomic E-state index is 11.2. The first-order valence-corrected chi connectivity index (χ1v) is 5.56. The Kier molecular flexibility index (Phi) is 2.90. The second-order valence-electron chi connectivity index (χ2n) is 3.31. The second kappa shape index (κ2) is 4.18. The minimum Gasteiger partial charge on any atom is -0.353 e. The van der Waals surface area contributed by atoms with Gasteiger partial charge in [0.2, 0.25) is 11.8 Å². The lowest BCUT2D eigenvalue weighted by Gasteiger charge is -2.27. The summed E-state index contributed by atoms with van der Waals surface area (Å²) in [5.41, 5.74) is 0.908. The lowest BCUT2D eigenvalue weighted by Crippen LogP contribution is -2.51. The SMILES string of the molecule is O=C1CN(c2cccc(I)c2)CC(=O)N1. The van der Waals surface area contributed by atoms with Crippen LogP contribution in [0.1, 0.15) is 0 Å². The molecule has 78 valence electrons. The van der Waals surface area contributed by atoms with Gasteiger partial charge in [-0.2, -0.15) is 0 Å². The summed E-state index contributed by atoms with van der Waals surface area (Å²) in [4.78, 5) is 24.1. The molecule has 2 amide bonds. The van der Waals surface area contributed by atoms with Crippen molar-refractivity contribution >= 4 is 40.1 Å². The van der Waals surface area contributed by atoms with Crippen LogP contribution in [0.5, 0.6) is 0 Å². The van der Waals surface area contributed by atoms with E-state index in [1.807, 2.05) is 24.3 Å². The molecule has 1 aromatic carbocycles. The van der Waals surface area contributed by atoms with E-state index in [0.29, 0.717) is 0 Å². The van der Waals surface area contributed by atoms with Gasteiger partial charge in [0.1, 0.15) is 0 Å². The third kappa shape index (κ3) is 2.47. The van der Waals surface area contributed by atoms with Crippen LogP contribution < -0.4 is 10.2 Å². The van der Waals surface area contributed by atoms with Crippen molar-refractivity contribution in [3.8, 4) is 0 Å². The van der Waals surface area contributed by atoms with Gasteiger partial charge in [0.25, 0.3) is 0 Å². The largest absolute Gasteiger partial charge is 0.353 e. The number of benzene rings is 1. The van der Waals surface area contributed by atoms with Gasteiger partial charge in [-0.15, -0.1) is 0 Å². The maximum atomic E-state index is 11.2. The number of amides is 2. The average molecular weight is 316 g/mol. The molecule has 5 heteroatoms. The molecule has 1 N–H and O–H groups in total. The van der Waals surface area contributed by atoms with Crippen molar-refractivity contribution in [1.82, 2.24) is 5.32 Å². The Hall–Kier alpha value is -1.11. The van der Waals surface area contributed by atoms with Crippen LogP contribution in [0.15, 0.2) is 24.3 Å². The average Bonchev–Trinajstić information content (AvgIpc) is 2.16. The van der Waals surface area contributed by atoms with Gasteiger partial charge in [0.15, 0.2) is 0 Å². The number of imide groups is 1. The number of hydrogen-bond donors (Lipinski definition) is 1. The molecule has 1 aromatic rings. The van der Waals surface area contributed by atoms with Crippen molar-refractivity contribution in [2.45, 2.75) is 0 Å². The van der Waals surface area contributed by atoms with E-state index in [2.05, 4.69) is 27.9 Å². The highest BCUT2D eigenvalue weighted by molar-refractivity contribution is 14.1. The number of nitrogens with one attached hydrogen (secondary N) is 1. The number of nitrogens with zero attached hydrogens (tertiary/aromatic N) is 1. The molecule has 0 atom stereocenters. The number of piperazine rings is 1. The van der Waals surface area contributed by atoms with Crippen molar-refractivity contribution in [2.75, 3.05) is 18.0 Å². The Morgan fingerprint density at radius 2 is 1.87 bits per heavy atom. The van der Waals surface area contributed by atoms with Gasteiger partial charge >= 0.3 is 0 Å². The molecular formula is C10H9IN2O2. The third-order valence-corrected chi connectivity index (χ3v) is 2.79. The minimum absolute atomic E-state index is 0.242. The predicted molar refractivity (Wildman–Crippen MR) is 64.5 cm³/mol. The molecule has 1 heterocycles.